The SMILES string of the molecule is Cc1cccc(N2CCC(N[C@H](C)Cc3ccsc3)CC2)n1. The second kappa shape index (κ2) is 7.25. The van der Waals surface area contributed by atoms with Crippen LogP contribution in [-0.4, -0.2) is 30.2 Å². The van der Waals surface area contributed by atoms with Crippen LogP contribution in [0.3, 0.4) is 0 Å². The molecular weight excluding hydrogens is 290 g/mol. The van der Waals surface area contributed by atoms with Crippen LogP contribution in [0.15, 0.2) is 35.0 Å². The van der Waals surface area contributed by atoms with Crippen molar-refractivity contribution < 1.29 is 0 Å². The van der Waals surface area contributed by atoms with Gasteiger partial charge < -0.3 is 10.2 Å². The molecule has 0 aliphatic carbocycles. The Kier molecular flexibility index (Phi) is 5.11. The molecule has 0 radical (unpaired) electrons. The van der Waals surface area contributed by atoms with E-state index in [4.69, 9.17) is 0 Å². The van der Waals surface area contributed by atoms with E-state index in [1.54, 1.807) is 11.3 Å². The second-order valence-corrected chi connectivity index (χ2v) is 7.08. The molecule has 1 saturated heterocycles. The molecule has 4 heteroatoms. The molecule has 0 spiro atoms. The number of aryl methyl sites for hydroxylation is 1. The summed E-state index contributed by atoms with van der Waals surface area (Å²) in [6, 6.07) is 9.70. The van der Waals surface area contributed by atoms with Crippen molar-refractivity contribution in [2.75, 3.05) is 18.0 Å². The van der Waals surface area contributed by atoms with E-state index in [-0.39, 0.29) is 0 Å². The number of thiophene rings is 1. The first kappa shape index (κ1) is 15.5. The predicted molar refractivity (Wildman–Crippen MR) is 94.8 cm³/mol. The summed E-state index contributed by atoms with van der Waals surface area (Å²) in [5.41, 5.74) is 2.55. The van der Waals surface area contributed by atoms with E-state index in [2.05, 4.69) is 64.1 Å². The molecule has 2 aromatic rings. The number of nitrogens with one attached hydrogen (secondary N) is 1. The highest BCUT2D eigenvalue weighted by atomic mass is 32.1. The van der Waals surface area contributed by atoms with Crippen molar-refractivity contribution in [1.29, 1.82) is 0 Å². The third-order valence-corrected chi connectivity index (χ3v) is 5.07. The Morgan fingerprint density at radius 2 is 2.14 bits per heavy atom. The zero-order valence-electron chi connectivity index (χ0n) is 13.5. The molecule has 1 atom stereocenters. The molecule has 1 aliphatic heterocycles. The Bertz CT molecular complexity index is 574. The maximum Gasteiger partial charge on any atom is 0.128 e. The minimum absolute atomic E-state index is 0.545. The molecule has 3 nitrogen and oxygen atoms in total. The molecule has 0 amide bonds. The zero-order chi connectivity index (χ0) is 15.4. The van der Waals surface area contributed by atoms with Crippen molar-refractivity contribution in [3.8, 4) is 0 Å². The molecule has 3 heterocycles. The van der Waals surface area contributed by atoms with Gasteiger partial charge in [0.25, 0.3) is 0 Å². The van der Waals surface area contributed by atoms with Gasteiger partial charge in [-0.2, -0.15) is 11.3 Å². The summed E-state index contributed by atoms with van der Waals surface area (Å²) in [5, 5.41) is 8.21. The molecule has 118 valence electrons. The van der Waals surface area contributed by atoms with Crippen LogP contribution in [0.2, 0.25) is 0 Å². The summed E-state index contributed by atoms with van der Waals surface area (Å²) in [4.78, 5) is 7.05. The van der Waals surface area contributed by atoms with E-state index in [0.717, 1.165) is 31.0 Å². The number of hydrogen-bond donors (Lipinski definition) is 1. The number of nitrogens with zero attached hydrogens (tertiary/aromatic N) is 2. The molecular formula is C18H25N3S. The molecule has 1 aliphatic rings. The number of anilines is 1. The van der Waals surface area contributed by atoms with E-state index in [0.29, 0.717) is 12.1 Å². The fraction of sp³-hybridized carbons (Fsp3) is 0.500. The first-order valence-electron chi connectivity index (χ1n) is 8.16. The number of rotatable bonds is 5. The Morgan fingerprint density at radius 3 is 2.82 bits per heavy atom. The normalized spacial score (nSPS) is 17.6. The molecule has 0 aromatic carbocycles. The summed E-state index contributed by atoms with van der Waals surface area (Å²) in [6.45, 7) is 6.55. The fourth-order valence-electron chi connectivity index (χ4n) is 3.20. The van der Waals surface area contributed by atoms with E-state index < -0.39 is 0 Å². The average molecular weight is 315 g/mol. The Balaban J connectivity index is 1.47. The lowest BCUT2D eigenvalue weighted by Gasteiger charge is -2.34. The molecule has 1 fully saturated rings. The largest absolute Gasteiger partial charge is 0.356 e. The molecule has 0 unspecified atom stereocenters. The van der Waals surface area contributed by atoms with Gasteiger partial charge in [-0.15, -0.1) is 0 Å². The highest BCUT2D eigenvalue weighted by Crippen LogP contribution is 2.19. The summed E-state index contributed by atoms with van der Waals surface area (Å²) >= 11 is 1.79. The Labute approximate surface area is 137 Å². The second-order valence-electron chi connectivity index (χ2n) is 6.30. The molecule has 1 N–H and O–H groups in total. The van der Waals surface area contributed by atoms with E-state index in [9.17, 15) is 0 Å². The van der Waals surface area contributed by atoms with Crippen LogP contribution >= 0.6 is 11.3 Å². The minimum atomic E-state index is 0.545. The summed E-state index contributed by atoms with van der Waals surface area (Å²) in [5.74, 6) is 1.13. The lowest BCUT2D eigenvalue weighted by Crippen LogP contribution is -2.46. The van der Waals surface area contributed by atoms with Gasteiger partial charge in [-0.25, -0.2) is 4.98 Å². The quantitative estimate of drug-likeness (QED) is 0.913. The van der Waals surface area contributed by atoms with Gasteiger partial charge in [-0.3, -0.25) is 0 Å². The lowest BCUT2D eigenvalue weighted by molar-refractivity contribution is 0.374. The number of pyridine rings is 1. The van der Waals surface area contributed by atoms with Crippen LogP contribution in [0, 0.1) is 6.92 Å². The number of piperidine rings is 1. The monoisotopic (exact) mass is 315 g/mol. The predicted octanol–water partition coefficient (Wildman–Crippen LogP) is 3.64. The van der Waals surface area contributed by atoms with Crippen molar-refractivity contribution in [3.05, 3.63) is 46.3 Å². The van der Waals surface area contributed by atoms with E-state index >= 15 is 0 Å². The first-order chi connectivity index (χ1) is 10.7. The van der Waals surface area contributed by atoms with Crippen LogP contribution in [-0.2, 0) is 6.42 Å². The first-order valence-corrected chi connectivity index (χ1v) is 9.11. The van der Waals surface area contributed by atoms with E-state index in [1.807, 2.05) is 0 Å². The minimum Gasteiger partial charge on any atom is -0.356 e. The smallest absolute Gasteiger partial charge is 0.128 e. The van der Waals surface area contributed by atoms with Gasteiger partial charge in [0.05, 0.1) is 0 Å². The fourth-order valence-corrected chi connectivity index (χ4v) is 3.89. The Hall–Kier alpha value is -1.39. The Morgan fingerprint density at radius 1 is 1.32 bits per heavy atom. The van der Waals surface area contributed by atoms with Gasteiger partial charge in [0.15, 0.2) is 0 Å². The zero-order valence-corrected chi connectivity index (χ0v) is 14.3. The topological polar surface area (TPSA) is 28.2 Å². The lowest BCUT2D eigenvalue weighted by atomic mass is 10.0. The highest BCUT2D eigenvalue weighted by molar-refractivity contribution is 7.07. The molecule has 22 heavy (non-hydrogen) atoms. The molecule has 3 rings (SSSR count). The standard InChI is InChI=1S/C18H25N3S/c1-14-4-3-5-18(20-14)21-9-6-17(7-10-21)19-15(2)12-16-8-11-22-13-16/h3-5,8,11,13,15,17,19H,6-7,9-10,12H2,1-2H3/t15-/m1/s1. The molecule has 0 bridgehead atoms. The van der Waals surface area contributed by atoms with Gasteiger partial charge in [0.2, 0.25) is 0 Å². The summed E-state index contributed by atoms with van der Waals surface area (Å²) in [6.07, 6.45) is 3.52. The van der Waals surface area contributed by atoms with Crippen molar-refractivity contribution in [2.24, 2.45) is 0 Å². The average Bonchev–Trinajstić information content (AvgIpc) is 3.01. The highest BCUT2D eigenvalue weighted by Gasteiger charge is 2.21. The van der Waals surface area contributed by atoms with Gasteiger partial charge in [-0.05, 0) is 67.6 Å². The van der Waals surface area contributed by atoms with Gasteiger partial charge in [0.1, 0.15) is 5.82 Å². The van der Waals surface area contributed by atoms with Crippen molar-refractivity contribution >= 4 is 17.2 Å². The van der Waals surface area contributed by atoms with Crippen molar-refractivity contribution in [2.45, 2.75) is 45.2 Å². The van der Waals surface area contributed by atoms with Crippen LogP contribution in [0.4, 0.5) is 5.82 Å². The number of hydrogen-bond acceptors (Lipinski definition) is 4. The van der Waals surface area contributed by atoms with Gasteiger partial charge >= 0.3 is 0 Å². The van der Waals surface area contributed by atoms with Crippen molar-refractivity contribution in [3.63, 3.8) is 0 Å². The van der Waals surface area contributed by atoms with Crippen LogP contribution in [0.25, 0.3) is 0 Å². The van der Waals surface area contributed by atoms with E-state index in [1.165, 1.54) is 18.4 Å². The summed E-state index contributed by atoms with van der Waals surface area (Å²) in [7, 11) is 0. The summed E-state index contributed by atoms with van der Waals surface area (Å²) < 4.78 is 0. The third-order valence-electron chi connectivity index (χ3n) is 4.33. The van der Waals surface area contributed by atoms with Crippen molar-refractivity contribution in [1.82, 2.24) is 10.3 Å². The molecule has 2 aromatic heterocycles. The maximum atomic E-state index is 4.64. The van der Waals surface area contributed by atoms with Gasteiger partial charge in [0, 0.05) is 30.9 Å². The molecule has 0 saturated carbocycles. The van der Waals surface area contributed by atoms with Crippen LogP contribution in [0.5, 0.6) is 0 Å². The third kappa shape index (κ3) is 4.08. The number of aromatic nitrogens is 1. The van der Waals surface area contributed by atoms with Crippen LogP contribution < -0.4 is 10.2 Å². The van der Waals surface area contributed by atoms with Gasteiger partial charge in [-0.1, -0.05) is 6.07 Å². The maximum absolute atomic E-state index is 4.64. The van der Waals surface area contributed by atoms with Crippen LogP contribution in [0.1, 0.15) is 31.0 Å².